The smallest absolute Gasteiger partial charge is 0.249 e. The molecule has 0 saturated carbocycles. The first-order valence-electron chi connectivity index (χ1n) is 5.57. The average molecular weight is 200 g/mol. The molecule has 0 aliphatic rings. The van der Waals surface area contributed by atoms with Gasteiger partial charge in [-0.3, -0.25) is 0 Å². The van der Waals surface area contributed by atoms with Crippen LogP contribution >= 0.6 is 0 Å². The molecule has 0 amide bonds. The van der Waals surface area contributed by atoms with Crippen molar-refractivity contribution in [3.8, 4) is 0 Å². The highest BCUT2D eigenvalue weighted by atomic mass is 28.4. The van der Waals surface area contributed by atoms with Crippen LogP contribution in [0.25, 0.3) is 0 Å². The summed E-state index contributed by atoms with van der Waals surface area (Å²) in [6, 6.07) is 3.70. The Morgan fingerprint density at radius 3 is 1.92 bits per heavy atom. The second-order valence-electron chi connectivity index (χ2n) is 3.52. The molecule has 0 bridgehead atoms. The van der Waals surface area contributed by atoms with Crippen molar-refractivity contribution in [3.05, 3.63) is 12.3 Å². The van der Waals surface area contributed by atoms with E-state index in [4.69, 9.17) is 4.43 Å². The maximum absolute atomic E-state index is 5.94. The molecule has 0 atom stereocenters. The molecule has 78 valence electrons. The van der Waals surface area contributed by atoms with Crippen LogP contribution in [0, 0.1) is 0 Å². The third kappa shape index (κ3) is 4.51. The van der Waals surface area contributed by atoms with E-state index in [0.29, 0.717) is 0 Å². The number of hydrogen-bond acceptors (Lipinski definition) is 1. The molecular weight excluding hydrogens is 176 g/mol. The summed E-state index contributed by atoms with van der Waals surface area (Å²) in [5, 5.41) is 0. The Hall–Kier alpha value is -0.243. The maximum Gasteiger partial charge on any atom is 0.249 e. The first kappa shape index (κ1) is 12.8. The highest BCUT2D eigenvalue weighted by Gasteiger charge is 2.28. The van der Waals surface area contributed by atoms with E-state index in [1.165, 1.54) is 24.6 Å². The molecule has 2 heteroatoms. The molecule has 0 fully saturated rings. The molecule has 0 rings (SSSR count). The van der Waals surface area contributed by atoms with Crippen LogP contribution < -0.4 is 0 Å². The van der Waals surface area contributed by atoms with Gasteiger partial charge in [-0.2, -0.15) is 0 Å². The highest BCUT2D eigenvalue weighted by Crippen LogP contribution is 2.21. The Bertz CT molecular complexity index is 131. The van der Waals surface area contributed by atoms with Gasteiger partial charge < -0.3 is 4.43 Å². The number of hydrogen-bond donors (Lipinski definition) is 0. The summed E-state index contributed by atoms with van der Waals surface area (Å²) in [5.74, 6) is 0. The molecule has 0 heterocycles. The summed E-state index contributed by atoms with van der Waals surface area (Å²) in [7, 11) is -1.35. The lowest BCUT2D eigenvalue weighted by Crippen LogP contribution is -2.33. The lowest BCUT2D eigenvalue weighted by Gasteiger charge is -2.26. The van der Waals surface area contributed by atoms with Gasteiger partial charge in [-0.05, 0) is 24.6 Å². The van der Waals surface area contributed by atoms with E-state index in [9.17, 15) is 0 Å². The zero-order valence-electron chi connectivity index (χ0n) is 9.60. The second kappa shape index (κ2) is 7.19. The van der Waals surface area contributed by atoms with Gasteiger partial charge in [0, 0.05) is 0 Å². The van der Waals surface area contributed by atoms with Crippen molar-refractivity contribution < 1.29 is 4.43 Å². The molecule has 0 aliphatic carbocycles. The third-order valence-electron chi connectivity index (χ3n) is 2.80. The van der Waals surface area contributed by atoms with Crippen molar-refractivity contribution in [2.45, 2.75) is 58.7 Å². The monoisotopic (exact) mass is 200 g/mol. The van der Waals surface area contributed by atoms with E-state index < -0.39 is 8.32 Å². The van der Waals surface area contributed by atoms with E-state index in [-0.39, 0.29) is 0 Å². The van der Waals surface area contributed by atoms with Gasteiger partial charge in [-0.15, -0.1) is 0 Å². The van der Waals surface area contributed by atoms with E-state index >= 15 is 0 Å². The van der Waals surface area contributed by atoms with Crippen LogP contribution in [-0.4, -0.2) is 8.32 Å². The third-order valence-corrected chi connectivity index (χ3v) is 7.30. The first-order valence-corrected chi connectivity index (χ1v) is 8.10. The van der Waals surface area contributed by atoms with E-state index in [1.54, 1.807) is 0 Å². The molecule has 0 unspecified atom stereocenters. The predicted octanol–water partition coefficient (Wildman–Crippen LogP) is 4.32. The Balaban J connectivity index is 3.94. The maximum atomic E-state index is 5.94. The summed E-state index contributed by atoms with van der Waals surface area (Å²) < 4.78 is 5.94. The summed E-state index contributed by atoms with van der Waals surface area (Å²) in [5.41, 5.74) is 0. The Morgan fingerprint density at radius 2 is 1.54 bits per heavy atom. The highest BCUT2D eigenvalue weighted by molar-refractivity contribution is 6.73. The second-order valence-corrected chi connectivity index (χ2v) is 8.25. The SMILES string of the molecule is CCCC=CO[Si](CC)(CC)CC. The molecular formula is C11H24OSi. The van der Waals surface area contributed by atoms with Crippen LogP contribution in [0.3, 0.4) is 0 Å². The topological polar surface area (TPSA) is 9.23 Å². The molecule has 0 aromatic carbocycles. The Morgan fingerprint density at radius 1 is 1.00 bits per heavy atom. The quantitative estimate of drug-likeness (QED) is 0.439. The predicted molar refractivity (Wildman–Crippen MR) is 62.3 cm³/mol. The van der Waals surface area contributed by atoms with Crippen molar-refractivity contribution in [2.24, 2.45) is 0 Å². The first-order chi connectivity index (χ1) is 6.24. The molecule has 0 aliphatic heterocycles. The van der Waals surface area contributed by atoms with Crippen LogP contribution in [0.4, 0.5) is 0 Å². The minimum absolute atomic E-state index is 1.14. The average Bonchev–Trinajstić information content (AvgIpc) is 2.20. The van der Waals surface area contributed by atoms with Crippen LogP contribution in [0.1, 0.15) is 40.5 Å². The molecule has 0 radical (unpaired) electrons. The molecule has 0 N–H and O–H groups in total. The van der Waals surface area contributed by atoms with Gasteiger partial charge in [0.15, 0.2) is 0 Å². The summed E-state index contributed by atoms with van der Waals surface area (Å²) in [4.78, 5) is 0. The molecule has 0 saturated heterocycles. The molecule has 1 nitrogen and oxygen atoms in total. The lowest BCUT2D eigenvalue weighted by molar-refractivity contribution is 0.455. The minimum atomic E-state index is -1.35. The fraction of sp³-hybridized carbons (Fsp3) is 0.818. The van der Waals surface area contributed by atoms with Crippen molar-refractivity contribution >= 4 is 8.32 Å². The Kier molecular flexibility index (Phi) is 7.05. The van der Waals surface area contributed by atoms with Gasteiger partial charge in [0.05, 0.1) is 6.26 Å². The normalized spacial score (nSPS) is 12.3. The van der Waals surface area contributed by atoms with Crippen LogP contribution in [0.5, 0.6) is 0 Å². The van der Waals surface area contributed by atoms with Gasteiger partial charge in [-0.25, -0.2) is 0 Å². The van der Waals surface area contributed by atoms with E-state index in [2.05, 4.69) is 33.8 Å². The fourth-order valence-corrected chi connectivity index (χ4v) is 3.81. The van der Waals surface area contributed by atoms with E-state index in [0.717, 1.165) is 6.42 Å². The van der Waals surface area contributed by atoms with Crippen molar-refractivity contribution in [3.63, 3.8) is 0 Å². The molecule has 0 aromatic rings. The number of allylic oxidation sites excluding steroid dienone is 1. The Labute approximate surface area is 84.3 Å². The minimum Gasteiger partial charge on any atom is -0.549 e. The summed E-state index contributed by atoms with van der Waals surface area (Å²) in [6.07, 6.45) is 6.45. The van der Waals surface area contributed by atoms with E-state index in [1.807, 2.05) is 6.26 Å². The zero-order chi connectivity index (χ0) is 10.2. The standard InChI is InChI=1S/C11H24OSi/c1-5-9-10-11-12-13(6-2,7-3)8-4/h10-11H,5-9H2,1-4H3. The van der Waals surface area contributed by atoms with Crippen molar-refractivity contribution in [1.82, 2.24) is 0 Å². The van der Waals surface area contributed by atoms with Crippen molar-refractivity contribution in [1.29, 1.82) is 0 Å². The van der Waals surface area contributed by atoms with Gasteiger partial charge in [0.1, 0.15) is 0 Å². The summed E-state index contributed by atoms with van der Waals surface area (Å²) >= 11 is 0. The lowest BCUT2D eigenvalue weighted by atomic mass is 10.3. The van der Waals surface area contributed by atoms with Crippen LogP contribution in [-0.2, 0) is 4.43 Å². The molecule has 13 heavy (non-hydrogen) atoms. The van der Waals surface area contributed by atoms with Gasteiger partial charge in [-0.1, -0.05) is 40.2 Å². The van der Waals surface area contributed by atoms with Crippen LogP contribution in [0.15, 0.2) is 12.3 Å². The van der Waals surface area contributed by atoms with Gasteiger partial charge in [0.2, 0.25) is 8.32 Å². The van der Waals surface area contributed by atoms with Crippen LogP contribution in [0.2, 0.25) is 18.1 Å². The number of unbranched alkanes of at least 4 members (excludes halogenated alkanes) is 1. The van der Waals surface area contributed by atoms with Crippen molar-refractivity contribution in [2.75, 3.05) is 0 Å². The van der Waals surface area contributed by atoms with Gasteiger partial charge in [0.25, 0.3) is 0 Å². The van der Waals surface area contributed by atoms with Gasteiger partial charge >= 0.3 is 0 Å². The summed E-state index contributed by atoms with van der Waals surface area (Å²) in [6.45, 7) is 8.96. The molecule has 0 aromatic heterocycles. The molecule has 0 spiro atoms. The largest absolute Gasteiger partial charge is 0.549 e. The zero-order valence-corrected chi connectivity index (χ0v) is 10.6. The fourth-order valence-electron chi connectivity index (χ4n) is 1.43. The number of rotatable bonds is 7.